The summed E-state index contributed by atoms with van der Waals surface area (Å²) in [6.45, 7) is 2.67. The molecule has 1 atom stereocenters. The molecule has 4 N–H and O–H groups in total. The monoisotopic (exact) mass is 469 g/mol. The highest BCUT2D eigenvalue weighted by Gasteiger charge is 2.36. The Labute approximate surface area is 195 Å². The molecule has 0 saturated carbocycles. The summed E-state index contributed by atoms with van der Waals surface area (Å²) in [6.07, 6.45) is -0.0743. The Balaban J connectivity index is 1.80. The number of hydrogen-bond donors (Lipinski definition) is 2. The molecule has 10 heteroatoms. The lowest BCUT2D eigenvalue weighted by Gasteiger charge is -2.35. The van der Waals surface area contributed by atoms with Crippen LogP contribution in [-0.2, 0) is 16.0 Å². The number of aromatic nitrogens is 2. The van der Waals surface area contributed by atoms with Gasteiger partial charge in [-0.3, -0.25) is 4.79 Å². The number of ether oxygens (including phenoxy) is 2. The van der Waals surface area contributed by atoms with Crippen molar-refractivity contribution >= 4 is 23.4 Å². The number of methoxy groups -OCH3 is 1. The summed E-state index contributed by atoms with van der Waals surface area (Å²) in [7, 11) is 1.57. The first-order valence-corrected chi connectivity index (χ1v) is 10.8. The van der Waals surface area contributed by atoms with Crippen LogP contribution in [0.25, 0.3) is 11.1 Å². The lowest BCUT2D eigenvalue weighted by molar-refractivity contribution is -0.126. The van der Waals surface area contributed by atoms with Crippen LogP contribution < -0.4 is 21.1 Å². The number of rotatable bonds is 7. The van der Waals surface area contributed by atoms with Crippen molar-refractivity contribution in [1.29, 1.82) is 0 Å². The summed E-state index contributed by atoms with van der Waals surface area (Å²) in [5.41, 5.74) is 14.5. The zero-order valence-corrected chi connectivity index (χ0v) is 18.8. The van der Waals surface area contributed by atoms with Crippen LogP contribution in [0.5, 0.6) is 5.75 Å². The number of benzene rings is 2. The number of aryl methyl sites for hydroxylation is 1. The molecule has 178 valence electrons. The van der Waals surface area contributed by atoms with Gasteiger partial charge in [0.25, 0.3) is 5.91 Å². The van der Waals surface area contributed by atoms with Gasteiger partial charge in [-0.15, -0.1) is 0 Å². The number of anilines is 3. The zero-order chi connectivity index (χ0) is 24.4. The Bertz CT molecular complexity index is 1220. The van der Waals surface area contributed by atoms with Crippen LogP contribution in [0.1, 0.15) is 30.7 Å². The Morgan fingerprint density at radius 1 is 1.12 bits per heavy atom. The Hall–Kier alpha value is -3.79. The summed E-state index contributed by atoms with van der Waals surface area (Å²) in [4.78, 5) is 23.3. The second kappa shape index (κ2) is 9.60. The van der Waals surface area contributed by atoms with Gasteiger partial charge in [-0.1, -0.05) is 13.0 Å². The maximum atomic E-state index is 13.9. The molecule has 0 saturated heterocycles. The lowest BCUT2D eigenvalue weighted by Crippen LogP contribution is -2.42. The first kappa shape index (κ1) is 23.4. The van der Waals surface area contributed by atoms with Gasteiger partial charge < -0.3 is 25.8 Å². The van der Waals surface area contributed by atoms with E-state index < -0.39 is 23.6 Å². The molecule has 2 heterocycles. The molecular weight excluding hydrogens is 444 g/mol. The highest BCUT2D eigenvalue weighted by molar-refractivity contribution is 6.01. The van der Waals surface area contributed by atoms with Gasteiger partial charge in [-0.25, -0.2) is 13.8 Å². The van der Waals surface area contributed by atoms with Crippen molar-refractivity contribution in [3.05, 3.63) is 59.3 Å². The summed E-state index contributed by atoms with van der Waals surface area (Å²) in [5.74, 6) is -1.31. The smallest absolute Gasteiger partial charge is 0.272 e. The second-order valence-electron chi connectivity index (χ2n) is 7.86. The van der Waals surface area contributed by atoms with Crippen molar-refractivity contribution in [3.8, 4) is 16.9 Å². The molecule has 3 aromatic rings. The maximum absolute atomic E-state index is 13.9. The molecule has 8 nitrogen and oxygen atoms in total. The van der Waals surface area contributed by atoms with E-state index in [0.29, 0.717) is 54.3 Å². The summed E-state index contributed by atoms with van der Waals surface area (Å²) in [6, 6.07) is 8.18. The van der Waals surface area contributed by atoms with E-state index in [1.54, 1.807) is 25.3 Å². The van der Waals surface area contributed by atoms with Gasteiger partial charge in [0, 0.05) is 37.5 Å². The van der Waals surface area contributed by atoms with E-state index in [2.05, 4.69) is 9.97 Å². The van der Waals surface area contributed by atoms with Crippen molar-refractivity contribution in [2.24, 2.45) is 0 Å². The molecule has 0 bridgehead atoms. The number of carbonyl (C=O) groups is 1. The number of hydrogen-bond acceptors (Lipinski definition) is 7. The van der Waals surface area contributed by atoms with E-state index in [1.807, 2.05) is 6.92 Å². The lowest BCUT2D eigenvalue weighted by atomic mass is 9.99. The SMILES string of the molecule is CCc1nc(N)nc(N)c1-c1ccc2c(c1)N(CCCOC)C(=O)[C@H](c1cc(F)cc(F)c1)O2. The van der Waals surface area contributed by atoms with Crippen LogP contribution >= 0.6 is 0 Å². The van der Waals surface area contributed by atoms with Gasteiger partial charge in [0.05, 0.1) is 11.4 Å². The minimum absolute atomic E-state index is 0.0842. The molecule has 1 aromatic heterocycles. The highest BCUT2D eigenvalue weighted by atomic mass is 19.1. The maximum Gasteiger partial charge on any atom is 0.272 e. The van der Waals surface area contributed by atoms with Crippen molar-refractivity contribution in [2.45, 2.75) is 25.9 Å². The minimum atomic E-state index is -1.19. The molecule has 1 aliphatic heterocycles. The van der Waals surface area contributed by atoms with E-state index >= 15 is 0 Å². The van der Waals surface area contributed by atoms with Crippen LogP contribution in [0.2, 0.25) is 0 Å². The Kier molecular flexibility index (Phi) is 6.60. The third-order valence-electron chi connectivity index (χ3n) is 5.56. The Morgan fingerprint density at radius 2 is 1.85 bits per heavy atom. The van der Waals surface area contributed by atoms with Crippen molar-refractivity contribution in [2.75, 3.05) is 36.6 Å². The molecular formula is C24H25F2N5O3. The molecule has 1 amide bonds. The van der Waals surface area contributed by atoms with Crippen LogP contribution in [0.4, 0.5) is 26.2 Å². The number of nitrogens with two attached hydrogens (primary N) is 2. The quantitative estimate of drug-likeness (QED) is 0.507. The molecule has 2 aromatic carbocycles. The van der Waals surface area contributed by atoms with Gasteiger partial charge in [0.15, 0.2) is 0 Å². The molecule has 1 aliphatic rings. The van der Waals surface area contributed by atoms with Gasteiger partial charge >= 0.3 is 0 Å². The molecule has 4 rings (SSSR count). The highest BCUT2D eigenvalue weighted by Crippen LogP contribution is 2.42. The van der Waals surface area contributed by atoms with Crippen LogP contribution in [-0.4, -0.2) is 36.1 Å². The van der Waals surface area contributed by atoms with Crippen molar-refractivity contribution < 1.29 is 23.0 Å². The fraction of sp³-hybridized carbons (Fsp3) is 0.292. The van der Waals surface area contributed by atoms with E-state index in [9.17, 15) is 13.6 Å². The van der Waals surface area contributed by atoms with Crippen LogP contribution in [0.15, 0.2) is 36.4 Å². The largest absolute Gasteiger partial charge is 0.474 e. The average Bonchev–Trinajstić information content (AvgIpc) is 2.79. The number of amides is 1. The number of halogens is 2. The standard InChI is InChI=1S/C24H25F2N5O3/c1-3-17-20(22(27)30-24(28)29-17)13-5-6-19-18(11-13)31(7-4-8-33-2)23(32)21(34-19)14-9-15(25)12-16(26)10-14/h5-6,9-12,21H,3-4,7-8H2,1-2H3,(H4,27,28,29,30)/t21-/m0/s1. The minimum Gasteiger partial charge on any atom is -0.474 e. The van der Waals surface area contributed by atoms with Gasteiger partial charge in [0.2, 0.25) is 12.1 Å². The van der Waals surface area contributed by atoms with Crippen molar-refractivity contribution in [1.82, 2.24) is 9.97 Å². The molecule has 0 aliphatic carbocycles. The summed E-state index contributed by atoms with van der Waals surface area (Å²) >= 11 is 0. The number of carbonyl (C=O) groups excluding carboxylic acids is 1. The molecule has 0 spiro atoms. The van der Waals surface area contributed by atoms with Crippen LogP contribution in [0, 0.1) is 11.6 Å². The first-order chi connectivity index (χ1) is 16.3. The fourth-order valence-electron chi connectivity index (χ4n) is 4.07. The predicted octanol–water partition coefficient (Wildman–Crippen LogP) is 3.65. The molecule has 0 unspecified atom stereocenters. The molecule has 0 radical (unpaired) electrons. The van der Waals surface area contributed by atoms with Gasteiger partial charge in [0.1, 0.15) is 23.2 Å². The second-order valence-corrected chi connectivity index (χ2v) is 7.86. The summed E-state index contributed by atoms with van der Waals surface area (Å²) < 4.78 is 38.8. The van der Waals surface area contributed by atoms with Crippen molar-refractivity contribution in [3.63, 3.8) is 0 Å². The zero-order valence-electron chi connectivity index (χ0n) is 18.8. The van der Waals surface area contributed by atoms with E-state index in [0.717, 1.165) is 18.2 Å². The van der Waals surface area contributed by atoms with Gasteiger partial charge in [-0.2, -0.15) is 4.98 Å². The van der Waals surface area contributed by atoms with E-state index in [-0.39, 0.29) is 17.3 Å². The Morgan fingerprint density at radius 3 is 2.53 bits per heavy atom. The topological polar surface area (TPSA) is 117 Å². The first-order valence-electron chi connectivity index (χ1n) is 10.8. The van der Waals surface area contributed by atoms with E-state index in [4.69, 9.17) is 20.9 Å². The third kappa shape index (κ3) is 4.49. The normalized spacial score (nSPS) is 15.2. The molecule has 0 fully saturated rings. The molecule has 34 heavy (non-hydrogen) atoms. The number of nitrogens with zero attached hydrogens (tertiary/aromatic N) is 3. The third-order valence-corrected chi connectivity index (χ3v) is 5.56. The van der Waals surface area contributed by atoms with Gasteiger partial charge in [-0.05, 0) is 42.7 Å². The fourth-order valence-corrected chi connectivity index (χ4v) is 4.07. The van der Waals surface area contributed by atoms with Crippen LogP contribution in [0.3, 0.4) is 0 Å². The number of fused-ring (bicyclic) bond motifs is 1. The number of nitrogen functional groups attached to an aromatic ring is 2. The van der Waals surface area contributed by atoms with E-state index in [1.165, 1.54) is 4.90 Å². The predicted molar refractivity (Wildman–Crippen MR) is 124 cm³/mol. The summed E-state index contributed by atoms with van der Waals surface area (Å²) in [5, 5.41) is 0. The average molecular weight is 469 g/mol.